The van der Waals surface area contributed by atoms with E-state index in [9.17, 15) is 47.8 Å². The number of ether oxygens (including phenoxy) is 3. The number of thiocarbonyl (C=S) groups is 1. The summed E-state index contributed by atoms with van der Waals surface area (Å²) in [5.41, 5.74) is 1.30. The summed E-state index contributed by atoms with van der Waals surface area (Å²) in [6, 6.07) is 16.7. The van der Waals surface area contributed by atoms with Crippen LogP contribution in [0.5, 0.6) is 5.75 Å². The van der Waals surface area contributed by atoms with Crippen molar-refractivity contribution in [1.29, 1.82) is 5.26 Å². The number of nitrogens with one attached hydrogen (secondary N) is 2. The zero-order valence-electron chi connectivity index (χ0n) is 41.8. The first-order valence-corrected chi connectivity index (χ1v) is 25.2. The minimum Gasteiger partial charge on any atom is -0.493 e. The second kappa shape index (κ2) is 23.9. The molecule has 0 radical (unpaired) electrons. The normalized spacial score (nSPS) is 18.1. The average Bonchev–Trinajstić information content (AvgIpc) is 4.00. The average molecular weight is 1050 g/mol. The van der Waals surface area contributed by atoms with E-state index in [-0.39, 0.29) is 56.2 Å². The second-order valence-electron chi connectivity index (χ2n) is 19.6. The molecule has 3 aromatic carbocycles. The minimum absolute atomic E-state index is 0.0337. The second-order valence-corrected chi connectivity index (χ2v) is 20.9. The number of alkyl halides is 3. The summed E-state index contributed by atoms with van der Waals surface area (Å²) in [6.45, 7) is 13.0. The number of aliphatic hydroxyl groups is 2. The number of likely N-dealkylation sites (tertiary alicyclic amines) is 1. The SMILES string of the molecule is Cc1ncsc1-c1ccc(C(C)NC(=O)C2CC(O)CN2C(=O)C(NC(=O)COCCCOCCC(O)CCOc2ccc(N3C(=S)N(c4ccc(C#N)c(C(F)(F)F)c4)C(=O)C3(C)C)cc2)C(C)(C)C)cc1. The Balaban J connectivity index is 0.873. The molecule has 392 valence electrons. The molecule has 4 N–H and O–H groups in total. The van der Waals surface area contributed by atoms with Crippen LogP contribution >= 0.6 is 23.6 Å². The molecule has 16 nitrogen and oxygen atoms in total. The van der Waals surface area contributed by atoms with E-state index < -0.39 is 76.2 Å². The van der Waals surface area contributed by atoms with E-state index in [2.05, 4.69) is 15.6 Å². The van der Waals surface area contributed by atoms with Gasteiger partial charge in [0.2, 0.25) is 17.7 Å². The maximum atomic E-state index is 14.0. The molecule has 3 heterocycles. The number of halogens is 3. The number of aliphatic hydroxyl groups excluding tert-OH is 2. The zero-order valence-corrected chi connectivity index (χ0v) is 43.5. The van der Waals surface area contributed by atoms with Crippen LogP contribution in [0.1, 0.15) is 95.7 Å². The van der Waals surface area contributed by atoms with Gasteiger partial charge in [-0.3, -0.25) is 24.1 Å². The summed E-state index contributed by atoms with van der Waals surface area (Å²) in [4.78, 5) is 63.6. The van der Waals surface area contributed by atoms with E-state index in [1.54, 1.807) is 75.7 Å². The van der Waals surface area contributed by atoms with Gasteiger partial charge in [0.15, 0.2) is 5.11 Å². The fourth-order valence-corrected chi connectivity index (χ4v) is 9.91. The van der Waals surface area contributed by atoms with Gasteiger partial charge in [0.25, 0.3) is 5.91 Å². The Kier molecular flexibility index (Phi) is 18.4. The number of benzene rings is 3. The molecule has 0 saturated carbocycles. The van der Waals surface area contributed by atoms with Crippen molar-refractivity contribution in [3.05, 3.63) is 94.6 Å². The van der Waals surface area contributed by atoms with E-state index in [1.807, 2.05) is 38.1 Å². The van der Waals surface area contributed by atoms with Crippen LogP contribution in [0, 0.1) is 23.7 Å². The van der Waals surface area contributed by atoms with Crippen molar-refractivity contribution in [2.75, 3.05) is 49.4 Å². The van der Waals surface area contributed by atoms with E-state index in [1.165, 1.54) is 21.9 Å². The van der Waals surface area contributed by atoms with Gasteiger partial charge in [0.1, 0.15) is 30.0 Å². The number of carbonyl (C=O) groups is 4. The van der Waals surface area contributed by atoms with Crippen LogP contribution in [0.4, 0.5) is 24.5 Å². The Morgan fingerprint density at radius 1 is 0.973 bits per heavy atom. The highest BCUT2D eigenvalue weighted by Gasteiger charge is 2.51. The predicted molar refractivity (Wildman–Crippen MR) is 273 cm³/mol. The number of amides is 4. The lowest BCUT2D eigenvalue weighted by Crippen LogP contribution is -2.58. The summed E-state index contributed by atoms with van der Waals surface area (Å²) in [5.74, 6) is -1.47. The van der Waals surface area contributed by atoms with E-state index in [0.29, 0.717) is 37.3 Å². The fourth-order valence-electron chi connectivity index (χ4n) is 8.58. The van der Waals surface area contributed by atoms with Crippen molar-refractivity contribution < 1.29 is 56.8 Å². The molecule has 0 bridgehead atoms. The number of hydrogen-bond donors (Lipinski definition) is 4. The van der Waals surface area contributed by atoms with Gasteiger partial charge in [-0.25, -0.2) is 4.98 Å². The third-order valence-electron chi connectivity index (χ3n) is 12.6. The molecule has 2 saturated heterocycles. The summed E-state index contributed by atoms with van der Waals surface area (Å²) in [7, 11) is 0. The molecule has 2 aliphatic rings. The first-order chi connectivity index (χ1) is 34.4. The van der Waals surface area contributed by atoms with Crippen molar-refractivity contribution in [2.45, 2.75) is 116 Å². The van der Waals surface area contributed by atoms with Gasteiger partial charge in [0.05, 0.1) is 63.8 Å². The van der Waals surface area contributed by atoms with Gasteiger partial charge >= 0.3 is 6.18 Å². The Morgan fingerprint density at radius 3 is 2.26 bits per heavy atom. The van der Waals surface area contributed by atoms with Crippen LogP contribution in [0.3, 0.4) is 0 Å². The van der Waals surface area contributed by atoms with Crippen molar-refractivity contribution >= 4 is 63.7 Å². The van der Waals surface area contributed by atoms with Gasteiger partial charge in [-0.15, -0.1) is 11.3 Å². The molecule has 1 aromatic heterocycles. The Labute approximate surface area is 432 Å². The Hall–Kier alpha value is -6.02. The molecule has 5 unspecified atom stereocenters. The lowest BCUT2D eigenvalue weighted by Gasteiger charge is -2.35. The van der Waals surface area contributed by atoms with Gasteiger partial charge in [-0.2, -0.15) is 18.4 Å². The van der Waals surface area contributed by atoms with E-state index in [0.717, 1.165) is 38.7 Å². The summed E-state index contributed by atoms with van der Waals surface area (Å²) in [5, 5.41) is 36.1. The highest BCUT2D eigenvalue weighted by molar-refractivity contribution is 7.81. The number of anilines is 2. The number of hydrogen-bond acceptors (Lipinski definition) is 13. The third-order valence-corrected chi connectivity index (χ3v) is 14.0. The lowest BCUT2D eigenvalue weighted by molar-refractivity contribution is -0.144. The molecule has 5 atom stereocenters. The first-order valence-electron chi connectivity index (χ1n) is 23.9. The van der Waals surface area contributed by atoms with Crippen molar-refractivity contribution in [2.24, 2.45) is 5.41 Å². The molecule has 4 amide bonds. The highest BCUT2D eigenvalue weighted by atomic mass is 32.1. The quantitative estimate of drug-likeness (QED) is 0.0480. The zero-order chi connectivity index (χ0) is 53.4. The topological polar surface area (TPSA) is 207 Å². The number of β-amino-alcohol motifs (C(OH)–C–C–N with tert-alkyl or cyclic N) is 1. The van der Waals surface area contributed by atoms with Crippen LogP contribution < -0.4 is 25.2 Å². The molecule has 0 spiro atoms. The van der Waals surface area contributed by atoms with Crippen LogP contribution in [-0.4, -0.2) is 118 Å². The number of nitriles is 1. The van der Waals surface area contributed by atoms with Crippen molar-refractivity contribution in [1.82, 2.24) is 20.5 Å². The van der Waals surface area contributed by atoms with Crippen LogP contribution in [0.25, 0.3) is 10.4 Å². The van der Waals surface area contributed by atoms with Crippen LogP contribution in [-0.2, 0) is 34.8 Å². The number of carbonyl (C=O) groups excluding carboxylic acids is 4. The van der Waals surface area contributed by atoms with E-state index >= 15 is 0 Å². The number of thiazole rings is 1. The standard InChI is InChI=1S/C52H62F3N7O9S2/c1-31(33-9-11-34(12-10-33)44-32(2)57-30-73-44)58-46(66)42-26-39(64)28-60(42)47(67)45(50(3,4)5)59-43(65)29-70-22-8-21-69-23-19-38(63)20-24-71-40-17-15-36(16-18-40)62-49(72)61(48(68)51(62,6)7)37-14-13-35(27-56)41(25-37)52(53,54)55/h9-18,25,30-31,38-39,42,45,63-64H,8,19-24,26,28-29H2,1-7H3,(H,58,66)(H,59,65). The maximum absolute atomic E-state index is 14.0. The fraction of sp³-hybridized carbons (Fsp3) is 0.481. The van der Waals surface area contributed by atoms with Crippen LogP contribution in [0.15, 0.2) is 72.2 Å². The van der Waals surface area contributed by atoms with Crippen LogP contribution in [0.2, 0.25) is 0 Å². The number of aryl methyl sites for hydroxylation is 1. The molecule has 73 heavy (non-hydrogen) atoms. The minimum atomic E-state index is -4.82. The highest BCUT2D eigenvalue weighted by Crippen LogP contribution is 2.40. The van der Waals surface area contributed by atoms with Crippen molar-refractivity contribution in [3.8, 4) is 22.3 Å². The largest absolute Gasteiger partial charge is 0.493 e. The maximum Gasteiger partial charge on any atom is 0.417 e. The molecular formula is C52H62F3N7O9S2. The van der Waals surface area contributed by atoms with Gasteiger partial charge in [0, 0.05) is 44.9 Å². The number of aromatic nitrogens is 1. The number of nitrogens with zero attached hydrogens (tertiary/aromatic N) is 5. The monoisotopic (exact) mass is 1050 g/mol. The van der Waals surface area contributed by atoms with Gasteiger partial charge in [-0.1, -0.05) is 45.0 Å². The molecule has 21 heteroatoms. The first kappa shape index (κ1) is 56.3. The summed E-state index contributed by atoms with van der Waals surface area (Å²) in [6.07, 6.45) is -5.30. The molecule has 4 aromatic rings. The molecule has 2 aliphatic heterocycles. The van der Waals surface area contributed by atoms with Gasteiger partial charge in [-0.05, 0) is 112 Å². The number of rotatable bonds is 21. The molecule has 2 fully saturated rings. The van der Waals surface area contributed by atoms with E-state index in [4.69, 9.17) is 26.4 Å². The van der Waals surface area contributed by atoms with Gasteiger partial charge < -0.3 is 44.9 Å². The Morgan fingerprint density at radius 2 is 1.63 bits per heavy atom. The van der Waals surface area contributed by atoms with Crippen molar-refractivity contribution in [3.63, 3.8) is 0 Å². The summed E-state index contributed by atoms with van der Waals surface area (Å²) < 4.78 is 58.2. The molecular weight excluding hydrogens is 988 g/mol. The predicted octanol–water partition coefficient (Wildman–Crippen LogP) is 7.24. The Bertz CT molecular complexity index is 2650. The summed E-state index contributed by atoms with van der Waals surface area (Å²) >= 11 is 7.17. The molecule has 0 aliphatic carbocycles. The molecule has 6 rings (SSSR count). The third kappa shape index (κ3) is 13.8. The lowest BCUT2D eigenvalue weighted by atomic mass is 9.85. The smallest absolute Gasteiger partial charge is 0.417 e.